The standard InChI is InChI=1S/C9H16O2.In.Sn.7H/c1-3-5-8(10)7-9(11)6-4-2;;;;;;;;;/h3-7H2,1-2H3;;;;;;;;;. The predicted octanol–water partition coefficient (Wildman–Crippen LogP) is -0.521. The van der Waals surface area contributed by atoms with Crippen LogP contribution in [0.2, 0.25) is 0 Å². The molecule has 0 aromatic heterocycles. The van der Waals surface area contributed by atoms with Gasteiger partial charge < -0.3 is 0 Å². The maximum atomic E-state index is 10.9. The van der Waals surface area contributed by atoms with Crippen LogP contribution in [0.3, 0.4) is 0 Å². The van der Waals surface area contributed by atoms with Crippen molar-refractivity contribution >= 4 is 61.3 Å². The third-order valence-corrected chi connectivity index (χ3v) is 1.45. The van der Waals surface area contributed by atoms with Crippen LogP contribution in [0, 0.1) is 0 Å². The molecule has 0 bridgehead atoms. The molecule has 0 unspecified atom stereocenters. The number of Topliss-reactive ketones (excluding diaryl/α,β-unsaturated/α-hetero) is 2. The van der Waals surface area contributed by atoms with E-state index in [0.717, 1.165) is 12.8 Å². The van der Waals surface area contributed by atoms with Crippen LogP contribution in [0.25, 0.3) is 0 Å². The molecule has 0 aliphatic heterocycles. The third-order valence-electron chi connectivity index (χ3n) is 1.45. The first kappa shape index (κ1) is 19.6. The Kier molecular flexibility index (Phi) is 19.6. The van der Waals surface area contributed by atoms with E-state index in [9.17, 15) is 9.59 Å². The van der Waals surface area contributed by atoms with Gasteiger partial charge in [0.25, 0.3) is 0 Å². The molecule has 0 aromatic carbocycles. The van der Waals surface area contributed by atoms with Crippen molar-refractivity contribution in [3.8, 4) is 0 Å². The van der Waals surface area contributed by atoms with Crippen molar-refractivity contribution < 1.29 is 9.59 Å². The first-order chi connectivity index (χ1) is 5.20. The predicted molar refractivity (Wildman–Crippen MR) is 65.7 cm³/mol. The average molecular weight is 397 g/mol. The van der Waals surface area contributed by atoms with Gasteiger partial charge in [0.15, 0.2) is 0 Å². The zero-order valence-electron chi connectivity index (χ0n) is 7.35. The fourth-order valence-electron chi connectivity index (χ4n) is 0.954. The molecule has 0 amide bonds. The second-order valence-corrected chi connectivity index (χ2v) is 2.75. The Morgan fingerprint density at radius 1 is 0.923 bits per heavy atom. The van der Waals surface area contributed by atoms with Crippen LogP contribution in [0.15, 0.2) is 0 Å². The van der Waals surface area contributed by atoms with Gasteiger partial charge in [-0.3, -0.25) is 9.59 Å². The Hall–Kier alpha value is 1.01. The molecule has 0 heterocycles. The van der Waals surface area contributed by atoms with Crippen molar-refractivity contribution in [3.05, 3.63) is 0 Å². The van der Waals surface area contributed by atoms with Gasteiger partial charge in [0.1, 0.15) is 11.6 Å². The van der Waals surface area contributed by atoms with Gasteiger partial charge >= 0.3 is 49.8 Å². The summed E-state index contributed by atoms with van der Waals surface area (Å²) in [7, 11) is 0. The molecule has 0 fully saturated rings. The Labute approximate surface area is 116 Å². The summed E-state index contributed by atoms with van der Waals surface area (Å²) in [6.45, 7) is 3.89. The summed E-state index contributed by atoms with van der Waals surface area (Å²) in [6.07, 6.45) is 2.95. The van der Waals surface area contributed by atoms with E-state index in [2.05, 4.69) is 0 Å². The first-order valence-corrected chi connectivity index (χ1v) is 4.24. The summed E-state index contributed by atoms with van der Waals surface area (Å²) in [5, 5.41) is 0. The molecule has 13 heavy (non-hydrogen) atoms. The topological polar surface area (TPSA) is 34.1 Å². The van der Waals surface area contributed by atoms with Crippen molar-refractivity contribution in [3.63, 3.8) is 0 Å². The monoisotopic (exact) mass is 398 g/mol. The van der Waals surface area contributed by atoms with Crippen molar-refractivity contribution in [2.24, 2.45) is 0 Å². The molecule has 2 nitrogen and oxygen atoms in total. The average Bonchev–Trinajstić information content (AvgIpc) is 1.87. The number of carbonyl (C=O) groups is 2. The third kappa shape index (κ3) is 13.0. The second-order valence-electron chi connectivity index (χ2n) is 2.75. The summed E-state index contributed by atoms with van der Waals surface area (Å²) in [6, 6.07) is 0. The molecular weight excluding hydrogens is 374 g/mol. The number of carbonyl (C=O) groups excluding carboxylic acids is 2. The Bertz CT molecular complexity index is 133. The Balaban J connectivity index is -0.000000500. The molecule has 0 radical (unpaired) electrons. The molecule has 0 saturated carbocycles. The van der Waals surface area contributed by atoms with Gasteiger partial charge in [0.05, 0.1) is 6.42 Å². The molecule has 78 valence electrons. The molecule has 4 heteroatoms. The van der Waals surface area contributed by atoms with E-state index in [0.29, 0.717) is 12.8 Å². The normalized spacial score (nSPS) is 8.15. The van der Waals surface area contributed by atoms with Gasteiger partial charge in [-0.15, -0.1) is 0 Å². The van der Waals surface area contributed by atoms with Crippen LogP contribution >= 0.6 is 0 Å². The van der Waals surface area contributed by atoms with Crippen molar-refractivity contribution in [1.29, 1.82) is 0 Å². The van der Waals surface area contributed by atoms with Crippen molar-refractivity contribution in [2.45, 2.75) is 46.0 Å². The summed E-state index contributed by atoms with van der Waals surface area (Å²) < 4.78 is 0. The molecular formula is C9H23InO2Sn. The van der Waals surface area contributed by atoms with Gasteiger partial charge in [0.2, 0.25) is 0 Å². The number of ketones is 2. The molecule has 0 saturated heterocycles. The van der Waals surface area contributed by atoms with Gasteiger partial charge in [-0.25, -0.2) is 0 Å². The van der Waals surface area contributed by atoms with E-state index < -0.39 is 0 Å². The van der Waals surface area contributed by atoms with Crippen LogP contribution in [-0.4, -0.2) is 61.3 Å². The van der Waals surface area contributed by atoms with E-state index >= 15 is 0 Å². The van der Waals surface area contributed by atoms with Gasteiger partial charge in [-0.2, -0.15) is 0 Å². The van der Waals surface area contributed by atoms with Crippen molar-refractivity contribution in [1.82, 2.24) is 0 Å². The zero-order chi connectivity index (χ0) is 8.69. The minimum absolute atomic E-state index is 0. The Morgan fingerprint density at radius 2 is 1.23 bits per heavy atom. The van der Waals surface area contributed by atoms with E-state index in [1.54, 1.807) is 0 Å². The molecule has 0 N–H and O–H groups in total. The molecule has 0 spiro atoms. The van der Waals surface area contributed by atoms with Crippen LogP contribution in [0.4, 0.5) is 0 Å². The summed E-state index contributed by atoms with van der Waals surface area (Å²) in [4.78, 5) is 21.8. The molecule has 0 rings (SSSR count). The van der Waals surface area contributed by atoms with Gasteiger partial charge in [-0.05, 0) is 12.8 Å². The molecule has 0 aliphatic rings. The van der Waals surface area contributed by atoms with Crippen LogP contribution in [-0.2, 0) is 9.59 Å². The summed E-state index contributed by atoms with van der Waals surface area (Å²) in [5.41, 5.74) is 0. The number of hydrogen-bond acceptors (Lipinski definition) is 2. The fourth-order valence-corrected chi connectivity index (χ4v) is 0.954. The minimum atomic E-state index is 0. The van der Waals surface area contributed by atoms with Gasteiger partial charge in [-0.1, -0.05) is 13.8 Å². The maximum absolute atomic E-state index is 10.9. The quantitative estimate of drug-likeness (QED) is 0.447. The van der Waals surface area contributed by atoms with E-state index in [4.69, 9.17) is 0 Å². The van der Waals surface area contributed by atoms with Gasteiger partial charge in [0, 0.05) is 12.8 Å². The number of rotatable bonds is 6. The summed E-state index contributed by atoms with van der Waals surface area (Å²) in [5.74, 6) is 0.178. The first-order valence-electron chi connectivity index (χ1n) is 4.24. The van der Waals surface area contributed by atoms with Crippen LogP contribution < -0.4 is 0 Å². The molecule has 0 atom stereocenters. The Morgan fingerprint density at radius 3 is 1.46 bits per heavy atom. The van der Waals surface area contributed by atoms with E-state index in [1.807, 2.05) is 13.8 Å². The zero-order valence-corrected chi connectivity index (χ0v) is 7.35. The molecule has 0 aromatic rings. The second kappa shape index (κ2) is 13.0. The number of hydrogen-bond donors (Lipinski definition) is 0. The van der Waals surface area contributed by atoms with Crippen molar-refractivity contribution in [2.75, 3.05) is 0 Å². The fraction of sp³-hybridized carbons (Fsp3) is 0.778. The van der Waals surface area contributed by atoms with Crippen LogP contribution in [0.5, 0.6) is 0 Å². The van der Waals surface area contributed by atoms with Crippen LogP contribution in [0.1, 0.15) is 46.0 Å². The van der Waals surface area contributed by atoms with E-state index in [-0.39, 0.29) is 67.7 Å². The molecule has 0 aliphatic carbocycles. The van der Waals surface area contributed by atoms with E-state index in [1.165, 1.54) is 0 Å². The summed E-state index contributed by atoms with van der Waals surface area (Å²) >= 11 is 0. The SMILES string of the molecule is CCCC(=O)CC(=O)CCC.[InH3].[SnH4].